The molecule has 1 N–H and O–H groups in total. The van der Waals surface area contributed by atoms with Crippen molar-refractivity contribution in [1.82, 2.24) is 0 Å². The molecule has 36 valence electrons. The lowest BCUT2D eigenvalue weighted by atomic mass is 10.9. The number of aliphatic hydroxyl groups is 1. The minimum absolute atomic E-state index is 0. The lowest BCUT2D eigenvalue weighted by Crippen LogP contribution is -1.57. The lowest BCUT2D eigenvalue weighted by molar-refractivity contribution is 0.318. The first-order valence-corrected chi connectivity index (χ1v) is 1.02. The number of aliphatic hydroxyl groups excluding tert-OH is 1. The van der Waals surface area contributed by atoms with Gasteiger partial charge in [0.25, 0.3) is 0 Å². The van der Waals surface area contributed by atoms with Gasteiger partial charge in [-0.1, -0.05) is 7.43 Å². The van der Waals surface area contributed by atoms with Crippen LogP contribution in [0.2, 0.25) is 0 Å². The van der Waals surface area contributed by atoms with Crippen LogP contribution in [0.1, 0.15) is 14.4 Å². The molecule has 0 aromatic heterocycles. The molecule has 0 spiro atoms. The minimum atomic E-state index is 0. The maximum atomic E-state index is 7.57. The standard InChI is InChI=1S/C2H6O.CH4.H4Si/c1-2-3;;/h3H,2H2,1H3;2*1H4. The maximum absolute atomic E-state index is 7.57. The summed E-state index contributed by atoms with van der Waals surface area (Å²) in [6, 6.07) is 0. The topological polar surface area (TPSA) is 20.2 Å². The zero-order valence-electron chi connectivity index (χ0n) is 2.15. The summed E-state index contributed by atoms with van der Waals surface area (Å²) in [4.78, 5) is 0. The maximum Gasteiger partial charge on any atom is 0.0402 e. The van der Waals surface area contributed by atoms with E-state index in [1.807, 2.05) is 0 Å². The number of hydrogen-bond acceptors (Lipinski definition) is 1. The van der Waals surface area contributed by atoms with Crippen molar-refractivity contribution in [3.8, 4) is 0 Å². The fraction of sp³-hybridized carbons (Fsp3) is 1.00. The highest BCUT2D eigenvalue weighted by Crippen LogP contribution is 1.30. The summed E-state index contributed by atoms with van der Waals surface area (Å²) in [5, 5.41) is 7.57. The van der Waals surface area contributed by atoms with E-state index in [0.717, 1.165) is 0 Å². The quantitative estimate of drug-likeness (QED) is 0.389. The van der Waals surface area contributed by atoms with E-state index in [-0.39, 0.29) is 25.0 Å². The van der Waals surface area contributed by atoms with Crippen LogP contribution in [0, 0.1) is 0 Å². The molecule has 0 aliphatic carbocycles. The van der Waals surface area contributed by atoms with Gasteiger partial charge in [-0.05, 0) is 17.9 Å². The van der Waals surface area contributed by atoms with E-state index in [1.165, 1.54) is 0 Å². The Hall–Kier alpha value is 0.177. The first kappa shape index (κ1) is 19.1. The van der Waals surface area contributed by atoms with E-state index in [1.54, 1.807) is 6.92 Å². The highest BCUT2D eigenvalue weighted by Gasteiger charge is 1.34. The van der Waals surface area contributed by atoms with Crippen molar-refractivity contribution >= 4 is 11.0 Å². The second-order valence-electron chi connectivity index (χ2n) is 0.316. The first-order chi connectivity index (χ1) is 1.41. The molecular formula is C3H14OSi. The van der Waals surface area contributed by atoms with E-state index in [4.69, 9.17) is 5.11 Å². The molecule has 2 heteroatoms. The Kier molecular flexibility index (Phi) is 116. The average Bonchev–Trinajstić information content (AvgIpc) is 0.918. The Morgan fingerprint density at radius 1 is 1.60 bits per heavy atom. The third kappa shape index (κ3) is 633. The van der Waals surface area contributed by atoms with Gasteiger partial charge in [-0.15, -0.1) is 0 Å². The molecule has 0 unspecified atom stereocenters. The monoisotopic (exact) mass is 94.1 g/mol. The predicted octanol–water partition coefficient (Wildman–Crippen LogP) is -0.817. The van der Waals surface area contributed by atoms with Gasteiger partial charge in [0.05, 0.1) is 0 Å². The molecule has 0 aliphatic rings. The van der Waals surface area contributed by atoms with Crippen molar-refractivity contribution in [1.29, 1.82) is 0 Å². The van der Waals surface area contributed by atoms with Crippen molar-refractivity contribution < 1.29 is 5.11 Å². The van der Waals surface area contributed by atoms with Gasteiger partial charge in [-0.2, -0.15) is 0 Å². The molecule has 0 fully saturated rings. The summed E-state index contributed by atoms with van der Waals surface area (Å²) in [5.41, 5.74) is 0. The SMILES string of the molecule is C.CCO.[SiH4]. The molecule has 0 aromatic carbocycles. The van der Waals surface area contributed by atoms with Crippen molar-refractivity contribution in [3.63, 3.8) is 0 Å². The smallest absolute Gasteiger partial charge is 0.0402 e. The third-order valence-electron chi connectivity index (χ3n) is 0. The summed E-state index contributed by atoms with van der Waals surface area (Å²) in [6.45, 7) is 1.93. The normalized spacial score (nSPS) is 3.60. The van der Waals surface area contributed by atoms with Crippen LogP contribution in [0.5, 0.6) is 0 Å². The van der Waals surface area contributed by atoms with Crippen molar-refractivity contribution in [2.24, 2.45) is 0 Å². The Bertz CT molecular complexity index is 6.85. The molecular weight excluding hydrogens is 80.1 g/mol. The summed E-state index contributed by atoms with van der Waals surface area (Å²) in [5.74, 6) is 0. The number of rotatable bonds is 0. The van der Waals surface area contributed by atoms with Crippen LogP contribution in [0.15, 0.2) is 0 Å². The molecule has 0 saturated heterocycles. The molecule has 1 nitrogen and oxygen atoms in total. The van der Waals surface area contributed by atoms with E-state index >= 15 is 0 Å². The largest absolute Gasteiger partial charge is 0.397 e. The average molecular weight is 94.2 g/mol. The Morgan fingerprint density at radius 3 is 1.60 bits per heavy atom. The molecule has 0 aliphatic heterocycles. The fourth-order valence-electron chi connectivity index (χ4n) is 0. The van der Waals surface area contributed by atoms with Crippen LogP contribution in [-0.2, 0) is 0 Å². The molecule has 0 aromatic rings. The van der Waals surface area contributed by atoms with Gasteiger partial charge in [0.1, 0.15) is 0 Å². The second kappa shape index (κ2) is 30.4. The van der Waals surface area contributed by atoms with Gasteiger partial charge in [0.2, 0.25) is 0 Å². The molecule has 0 saturated carbocycles. The molecule has 0 heterocycles. The lowest BCUT2D eigenvalue weighted by Gasteiger charge is -1.52. The van der Waals surface area contributed by atoms with Gasteiger partial charge in [-0.25, -0.2) is 0 Å². The van der Waals surface area contributed by atoms with E-state index in [0.29, 0.717) is 0 Å². The Morgan fingerprint density at radius 2 is 1.60 bits per heavy atom. The van der Waals surface area contributed by atoms with Gasteiger partial charge < -0.3 is 5.11 Å². The van der Waals surface area contributed by atoms with Gasteiger partial charge in [0.15, 0.2) is 0 Å². The van der Waals surface area contributed by atoms with Crippen LogP contribution in [0.3, 0.4) is 0 Å². The summed E-state index contributed by atoms with van der Waals surface area (Å²) < 4.78 is 0. The second-order valence-corrected chi connectivity index (χ2v) is 0.316. The van der Waals surface area contributed by atoms with Gasteiger partial charge in [0, 0.05) is 6.61 Å². The van der Waals surface area contributed by atoms with Crippen molar-refractivity contribution in [2.45, 2.75) is 14.4 Å². The zero-order chi connectivity index (χ0) is 2.71. The molecule has 0 rings (SSSR count). The minimum Gasteiger partial charge on any atom is -0.397 e. The van der Waals surface area contributed by atoms with E-state index < -0.39 is 0 Å². The Labute approximate surface area is 38.0 Å². The first-order valence-electron chi connectivity index (χ1n) is 1.02. The molecule has 0 amide bonds. The zero-order valence-corrected chi connectivity index (χ0v) is 2.15. The van der Waals surface area contributed by atoms with E-state index in [2.05, 4.69) is 0 Å². The van der Waals surface area contributed by atoms with Crippen LogP contribution in [0.25, 0.3) is 0 Å². The highest BCUT2D eigenvalue weighted by molar-refractivity contribution is 5.75. The Balaban J connectivity index is -0.0000000200. The van der Waals surface area contributed by atoms with E-state index in [9.17, 15) is 0 Å². The number of hydrogen-bond donors (Lipinski definition) is 1. The van der Waals surface area contributed by atoms with Crippen LogP contribution < -0.4 is 0 Å². The third-order valence-corrected chi connectivity index (χ3v) is 0. The van der Waals surface area contributed by atoms with Crippen LogP contribution >= 0.6 is 0 Å². The fourth-order valence-corrected chi connectivity index (χ4v) is 0. The van der Waals surface area contributed by atoms with Crippen LogP contribution in [-0.4, -0.2) is 22.7 Å². The predicted molar refractivity (Wildman–Crippen MR) is 30.8 cm³/mol. The molecule has 0 bridgehead atoms. The summed E-state index contributed by atoms with van der Waals surface area (Å²) >= 11 is 0. The highest BCUT2D eigenvalue weighted by atomic mass is 28.1. The summed E-state index contributed by atoms with van der Waals surface area (Å²) in [6.07, 6.45) is 0. The molecule has 5 heavy (non-hydrogen) atoms. The summed E-state index contributed by atoms with van der Waals surface area (Å²) in [7, 11) is 0. The van der Waals surface area contributed by atoms with Crippen molar-refractivity contribution in [2.75, 3.05) is 6.61 Å². The van der Waals surface area contributed by atoms with Gasteiger partial charge >= 0.3 is 0 Å². The molecule has 0 radical (unpaired) electrons. The van der Waals surface area contributed by atoms with Gasteiger partial charge in [-0.3, -0.25) is 0 Å². The molecule has 0 atom stereocenters. The van der Waals surface area contributed by atoms with Crippen LogP contribution in [0.4, 0.5) is 0 Å². The van der Waals surface area contributed by atoms with Crippen molar-refractivity contribution in [3.05, 3.63) is 0 Å².